The molecule has 0 radical (unpaired) electrons. The summed E-state index contributed by atoms with van der Waals surface area (Å²) in [6.07, 6.45) is 4.27. The van der Waals surface area contributed by atoms with Crippen LogP contribution in [0.5, 0.6) is 0 Å². The molecule has 0 bridgehead atoms. The predicted octanol–water partition coefficient (Wildman–Crippen LogP) is 2.74. The first-order valence-electron chi connectivity index (χ1n) is 6.10. The summed E-state index contributed by atoms with van der Waals surface area (Å²) in [5, 5.41) is 0. The number of rotatable bonds is 6. The van der Waals surface area contributed by atoms with Gasteiger partial charge in [0, 0.05) is 6.04 Å². The zero-order valence-electron chi connectivity index (χ0n) is 11.3. The molecule has 2 nitrogen and oxygen atoms in total. The van der Waals surface area contributed by atoms with Crippen LogP contribution in [0.4, 0.5) is 0 Å². The number of hydrogen-bond acceptors (Lipinski definition) is 3. The van der Waals surface area contributed by atoms with Crippen LogP contribution >= 0.6 is 11.8 Å². The highest BCUT2D eigenvalue weighted by Crippen LogP contribution is 2.19. The largest absolute Gasteiger partial charge is 0.271 e. The highest BCUT2D eigenvalue weighted by molar-refractivity contribution is 7.98. The lowest BCUT2D eigenvalue weighted by Crippen LogP contribution is -2.37. The number of aryl methyl sites for hydroxylation is 3. The van der Waals surface area contributed by atoms with Crippen LogP contribution in [0.25, 0.3) is 0 Å². The lowest BCUT2D eigenvalue weighted by molar-refractivity contribution is 0.512. The van der Waals surface area contributed by atoms with E-state index in [9.17, 15) is 0 Å². The Bertz CT molecular complexity index is 340. The van der Waals surface area contributed by atoms with E-state index < -0.39 is 0 Å². The van der Waals surface area contributed by atoms with Gasteiger partial charge in [0.25, 0.3) is 0 Å². The maximum atomic E-state index is 5.63. The zero-order chi connectivity index (χ0) is 12.8. The average Bonchev–Trinajstić information content (AvgIpc) is 2.27. The first-order chi connectivity index (χ1) is 8.08. The molecule has 1 rings (SSSR count). The second-order valence-electron chi connectivity index (χ2n) is 4.73. The maximum Gasteiger partial charge on any atom is 0.0258 e. The fourth-order valence-corrected chi connectivity index (χ4v) is 2.80. The van der Waals surface area contributed by atoms with Gasteiger partial charge in [0.2, 0.25) is 0 Å². The Morgan fingerprint density at radius 3 is 2.29 bits per heavy atom. The standard InChI is InChI=1S/C14H24N2S/c1-10-7-11(2)14(12(3)8-10)9-13(16-15)5-6-17-4/h7-8,13,16H,5-6,9,15H2,1-4H3. The Labute approximate surface area is 109 Å². The van der Waals surface area contributed by atoms with Gasteiger partial charge < -0.3 is 0 Å². The third kappa shape index (κ3) is 4.34. The summed E-state index contributed by atoms with van der Waals surface area (Å²) in [5.74, 6) is 6.78. The number of thioether (sulfide) groups is 1. The second-order valence-corrected chi connectivity index (χ2v) is 5.71. The van der Waals surface area contributed by atoms with Crippen LogP contribution in [-0.4, -0.2) is 18.1 Å². The number of benzene rings is 1. The molecule has 0 saturated heterocycles. The molecule has 96 valence electrons. The minimum Gasteiger partial charge on any atom is -0.271 e. The maximum absolute atomic E-state index is 5.63. The first kappa shape index (κ1) is 14.6. The van der Waals surface area contributed by atoms with Gasteiger partial charge in [-0.2, -0.15) is 11.8 Å². The average molecular weight is 252 g/mol. The fraction of sp³-hybridized carbons (Fsp3) is 0.571. The van der Waals surface area contributed by atoms with Crippen LogP contribution in [0.15, 0.2) is 12.1 Å². The number of nitrogens with two attached hydrogens (primary N) is 1. The van der Waals surface area contributed by atoms with Crippen LogP contribution in [0, 0.1) is 20.8 Å². The molecule has 1 atom stereocenters. The molecule has 17 heavy (non-hydrogen) atoms. The van der Waals surface area contributed by atoms with E-state index in [0.29, 0.717) is 6.04 Å². The summed E-state index contributed by atoms with van der Waals surface area (Å²) in [6.45, 7) is 6.53. The van der Waals surface area contributed by atoms with Crippen LogP contribution in [0.2, 0.25) is 0 Å². The van der Waals surface area contributed by atoms with E-state index in [1.807, 2.05) is 11.8 Å². The molecule has 0 aliphatic carbocycles. The Balaban J connectivity index is 2.78. The summed E-state index contributed by atoms with van der Waals surface area (Å²) < 4.78 is 0. The zero-order valence-corrected chi connectivity index (χ0v) is 12.2. The molecule has 0 spiro atoms. The van der Waals surface area contributed by atoms with Crippen LogP contribution < -0.4 is 11.3 Å². The van der Waals surface area contributed by atoms with Gasteiger partial charge in [-0.3, -0.25) is 11.3 Å². The summed E-state index contributed by atoms with van der Waals surface area (Å²) in [5.41, 5.74) is 8.49. The van der Waals surface area contributed by atoms with Crippen molar-refractivity contribution in [2.24, 2.45) is 5.84 Å². The van der Waals surface area contributed by atoms with Gasteiger partial charge in [-0.1, -0.05) is 17.7 Å². The summed E-state index contributed by atoms with van der Waals surface area (Å²) in [6, 6.07) is 4.89. The molecular formula is C14H24N2S. The van der Waals surface area contributed by atoms with Gasteiger partial charge in [0.1, 0.15) is 0 Å². The van der Waals surface area contributed by atoms with E-state index >= 15 is 0 Å². The van der Waals surface area contributed by atoms with E-state index in [4.69, 9.17) is 5.84 Å². The van der Waals surface area contributed by atoms with Gasteiger partial charge in [-0.25, -0.2) is 0 Å². The molecule has 1 unspecified atom stereocenters. The molecule has 0 aliphatic rings. The van der Waals surface area contributed by atoms with Crippen molar-refractivity contribution in [1.29, 1.82) is 0 Å². The second kappa shape index (κ2) is 7.04. The highest BCUT2D eigenvalue weighted by atomic mass is 32.2. The van der Waals surface area contributed by atoms with Crippen molar-refractivity contribution in [2.45, 2.75) is 39.7 Å². The van der Waals surface area contributed by atoms with E-state index in [1.165, 1.54) is 22.3 Å². The van der Waals surface area contributed by atoms with E-state index in [0.717, 1.165) is 18.6 Å². The number of hydrazine groups is 1. The summed E-state index contributed by atoms with van der Waals surface area (Å²) >= 11 is 1.87. The number of hydrogen-bond donors (Lipinski definition) is 2. The normalized spacial score (nSPS) is 12.8. The van der Waals surface area contributed by atoms with Crippen molar-refractivity contribution in [3.63, 3.8) is 0 Å². The molecule has 0 aliphatic heterocycles. The lowest BCUT2D eigenvalue weighted by Gasteiger charge is -2.19. The monoisotopic (exact) mass is 252 g/mol. The Morgan fingerprint density at radius 2 is 1.82 bits per heavy atom. The predicted molar refractivity (Wildman–Crippen MR) is 78.5 cm³/mol. The van der Waals surface area contributed by atoms with Crippen molar-refractivity contribution in [3.05, 3.63) is 34.4 Å². The first-order valence-corrected chi connectivity index (χ1v) is 7.49. The third-order valence-electron chi connectivity index (χ3n) is 3.20. The van der Waals surface area contributed by atoms with E-state index in [-0.39, 0.29) is 0 Å². The summed E-state index contributed by atoms with van der Waals surface area (Å²) in [7, 11) is 0. The van der Waals surface area contributed by atoms with Crippen molar-refractivity contribution < 1.29 is 0 Å². The van der Waals surface area contributed by atoms with Crippen LogP contribution in [-0.2, 0) is 6.42 Å². The Hall–Kier alpha value is -0.510. The van der Waals surface area contributed by atoms with Gasteiger partial charge in [-0.15, -0.1) is 0 Å². The Kier molecular flexibility index (Phi) is 6.03. The molecular weight excluding hydrogens is 228 g/mol. The fourth-order valence-electron chi connectivity index (χ4n) is 2.28. The molecule has 0 saturated carbocycles. The Morgan fingerprint density at radius 1 is 1.24 bits per heavy atom. The minimum absolute atomic E-state index is 0.377. The van der Waals surface area contributed by atoms with Crippen molar-refractivity contribution in [3.8, 4) is 0 Å². The topological polar surface area (TPSA) is 38.0 Å². The molecule has 0 heterocycles. The molecule has 0 fully saturated rings. The van der Waals surface area contributed by atoms with Crippen molar-refractivity contribution >= 4 is 11.8 Å². The van der Waals surface area contributed by atoms with Crippen molar-refractivity contribution in [2.75, 3.05) is 12.0 Å². The van der Waals surface area contributed by atoms with Gasteiger partial charge in [0.15, 0.2) is 0 Å². The summed E-state index contributed by atoms with van der Waals surface area (Å²) in [4.78, 5) is 0. The molecule has 1 aromatic carbocycles. The molecule has 1 aromatic rings. The quantitative estimate of drug-likeness (QED) is 0.604. The third-order valence-corrected chi connectivity index (χ3v) is 3.84. The molecule has 0 aromatic heterocycles. The molecule has 3 N–H and O–H groups in total. The van der Waals surface area contributed by atoms with E-state index in [1.54, 1.807) is 0 Å². The minimum atomic E-state index is 0.377. The van der Waals surface area contributed by atoms with Gasteiger partial charge >= 0.3 is 0 Å². The molecule has 3 heteroatoms. The SMILES string of the molecule is CSCCC(Cc1c(C)cc(C)cc1C)NN. The lowest BCUT2D eigenvalue weighted by atomic mass is 9.94. The molecule has 0 amide bonds. The smallest absolute Gasteiger partial charge is 0.0258 e. The van der Waals surface area contributed by atoms with Crippen LogP contribution in [0.3, 0.4) is 0 Å². The van der Waals surface area contributed by atoms with Crippen molar-refractivity contribution in [1.82, 2.24) is 5.43 Å². The van der Waals surface area contributed by atoms with Crippen LogP contribution in [0.1, 0.15) is 28.7 Å². The van der Waals surface area contributed by atoms with E-state index in [2.05, 4.69) is 44.6 Å². The van der Waals surface area contributed by atoms with Gasteiger partial charge in [0.05, 0.1) is 0 Å². The highest BCUT2D eigenvalue weighted by Gasteiger charge is 2.11. The van der Waals surface area contributed by atoms with Gasteiger partial charge in [-0.05, 0) is 62.3 Å². The number of nitrogens with one attached hydrogen (secondary N) is 1.